The zero-order valence-electron chi connectivity index (χ0n) is 19.4. The predicted octanol–water partition coefficient (Wildman–Crippen LogP) is 9.37. The van der Waals surface area contributed by atoms with Crippen LogP contribution in [0.15, 0.2) is 0 Å². The van der Waals surface area contributed by atoms with Crippen molar-refractivity contribution in [3.05, 3.63) is 0 Å². The lowest BCUT2D eigenvalue weighted by Crippen LogP contribution is -2.15. The molecule has 2 aliphatic carbocycles. The second kappa shape index (κ2) is 18.1. The number of hydrogen-bond acceptors (Lipinski definition) is 2. The molecule has 0 spiro atoms. The Morgan fingerprint density at radius 3 is 1.17 bits per heavy atom. The Bertz CT molecular complexity index is 372. The molecule has 2 saturated carbocycles. The monoisotopic (exact) mass is 442 g/mol. The van der Waals surface area contributed by atoms with E-state index in [0.717, 1.165) is 11.7 Å². The first-order valence-electron chi connectivity index (χ1n) is 13.4. The van der Waals surface area contributed by atoms with Gasteiger partial charge in [0.2, 0.25) is 0 Å². The molecule has 3 heteroatoms. The average Bonchev–Trinajstić information content (AvgIpc) is 2.74. The zero-order chi connectivity index (χ0) is 20.4. The highest BCUT2D eigenvalue weighted by molar-refractivity contribution is 8.69. The molecule has 2 aliphatic rings. The van der Waals surface area contributed by atoms with Gasteiger partial charge in [-0.25, -0.2) is 4.21 Å². The summed E-state index contributed by atoms with van der Waals surface area (Å²) in [7, 11) is 1.18. The fourth-order valence-electron chi connectivity index (χ4n) is 5.17. The van der Waals surface area contributed by atoms with Gasteiger partial charge in [0.25, 0.3) is 0 Å². The average molecular weight is 443 g/mol. The van der Waals surface area contributed by atoms with Crippen molar-refractivity contribution < 1.29 is 4.21 Å². The van der Waals surface area contributed by atoms with Crippen LogP contribution in [0.5, 0.6) is 0 Å². The van der Waals surface area contributed by atoms with Crippen LogP contribution in [0.1, 0.15) is 148 Å². The van der Waals surface area contributed by atoms with Gasteiger partial charge in [0.1, 0.15) is 0 Å². The summed E-state index contributed by atoms with van der Waals surface area (Å²) in [5, 5.41) is 0.465. The van der Waals surface area contributed by atoms with Crippen molar-refractivity contribution >= 4 is 20.6 Å². The lowest BCUT2D eigenvalue weighted by atomic mass is 9.94. The molecule has 0 N–H and O–H groups in total. The van der Waals surface area contributed by atoms with E-state index in [1.807, 2.05) is 10.8 Å². The van der Waals surface area contributed by atoms with Crippen molar-refractivity contribution in [2.75, 3.05) is 5.75 Å². The van der Waals surface area contributed by atoms with Gasteiger partial charge >= 0.3 is 0 Å². The molecule has 0 bridgehead atoms. The quantitative estimate of drug-likeness (QED) is 0.403. The first-order chi connectivity index (χ1) is 14.4. The molecule has 29 heavy (non-hydrogen) atoms. The molecule has 0 heterocycles. The van der Waals surface area contributed by atoms with Crippen molar-refractivity contribution in [2.24, 2.45) is 5.92 Å². The van der Waals surface area contributed by atoms with Crippen LogP contribution in [0.4, 0.5) is 0 Å². The summed E-state index contributed by atoms with van der Waals surface area (Å²) in [6, 6.07) is 0. The van der Waals surface area contributed by atoms with Crippen LogP contribution >= 0.6 is 10.8 Å². The molecular weight excluding hydrogens is 392 g/mol. The summed E-state index contributed by atoms with van der Waals surface area (Å²) in [4.78, 5) is 0. The summed E-state index contributed by atoms with van der Waals surface area (Å²) in [6.45, 7) is 0. The maximum Gasteiger partial charge on any atom is 0.0835 e. The lowest BCUT2D eigenvalue weighted by Gasteiger charge is -2.20. The van der Waals surface area contributed by atoms with Crippen LogP contribution in [0.25, 0.3) is 0 Å². The van der Waals surface area contributed by atoms with Gasteiger partial charge in [-0.15, -0.1) is 0 Å². The van der Waals surface area contributed by atoms with Gasteiger partial charge in [0.15, 0.2) is 0 Å². The van der Waals surface area contributed by atoms with Gasteiger partial charge in [-0.05, 0) is 31.6 Å². The number of rotatable bonds is 4. The van der Waals surface area contributed by atoms with Crippen molar-refractivity contribution in [2.45, 2.75) is 153 Å². The van der Waals surface area contributed by atoms with E-state index in [1.54, 1.807) is 0 Å². The Morgan fingerprint density at radius 1 is 0.483 bits per heavy atom. The summed E-state index contributed by atoms with van der Waals surface area (Å²) < 4.78 is 13.2. The molecule has 0 aromatic rings. The maximum absolute atomic E-state index is 13.2. The zero-order valence-corrected chi connectivity index (χ0v) is 21.0. The van der Waals surface area contributed by atoms with E-state index >= 15 is 0 Å². The fraction of sp³-hybridized carbons (Fsp3) is 1.00. The van der Waals surface area contributed by atoms with E-state index in [2.05, 4.69) is 0 Å². The molecule has 0 saturated heterocycles. The van der Waals surface area contributed by atoms with Crippen LogP contribution in [-0.4, -0.2) is 15.2 Å². The van der Waals surface area contributed by atoms with E-state index < -0.39 is 9.83 Å². The highest BCUT2D eigenvalue weighted by atomic mass is 33.1. The van der Waals surface area contributed by atoms with Crippen LogP contribution in [-0.2, 0) is 9.83 Å². The molecule has 2 rings (SSSR count). The van der Waals surface area contributed by atoms with Gasteiger partial charge < -0.3 is 0 Å². The summed E-state index contributed by atoms with van der Waals surface area (Å²) in [6.07, 6.45) is 31.9. The third-order valence-electron chi connectivity index (χ3n) is 7.22. The van der Waals surface area contributed by atoms with Crippen molar-refractivity contribution in [3.63, 3.8) is 0 Å². The van der Waals surface area contributed by atoms with Crippen LogP contribution in [0, 0.1) is 5.92 Å². The molecule has 172 valence electrons. The third kappa shape index (κ3) is 13.5. The minimum atomic E-state index is -0.662. The van der Waals surface area contributed by atoms with Gasteiger partial charge in [-0.3, -0.25) is 0 Å². The molecule has 1 unspecified atom stereocenters. The SMILES string of the molecule is O=S(SCC1CCCCCCCCCCC1)C1CCCCCCCCCCCC1. The molecule has 1 nitrogen and oxygen atoms in total. The van der Waals surface area contributed by atoms with Gasteiger partial charge in [-0.1, -0.05) is 133 Å². The number of hydrogen-bond donors (Lipinski definition) is 0. The van der Waals surface area contributed by atoms with E-state index in [4.69, 9.17) is 0 Å². The van der Waals surface area contributed by atoms with Crippen molar-refractivity contribution in [3.8, 4) is 0 Å². The molecular formula is C26H50OS2. The second-order valence-electron chi connectivity index (χ2n) is 9.91. The first-order valence-corrected chi connectivity index (χ1v) is 16.1. The Balaban J connectivity index is 1.74. The molecule has 0 radical (unpaired) electrons. The fourth-order valence-corrected chi connectivity index (χ4v) is 8.87. The highest BCUT2D eigenvalue weighted by Gasteiger charge is 2.19. The predicted molar refractivity (Wildman–Crippen MR) is 134 cm³/mol. The highest BCUT2D eigenvalue weighted by Crippen LogP contribution is 2.29. The Kier molecular flexibility index (Phi) is 16.1. The maximum atomic E-state index is 13.2. The standard InChI is InChI=1S/C26H50OS2/c27-29(26-22-18-14-10-6-1-2-7-11-15-19-23-26)28-24-25-20-16-12-8-4-3-5-9-13-17-21-25/h25-26H,1-24H2. The molecule has 0 aliphatic heterocycles. The van der Waals surface area contributed by atoms with E-state index in [-0.39, 0.29) is 0 Å². The van der Waals surface area contributed by atoms with Crippen LogP contribution in [0.3, 0.4) is 0 Å². The molecule has 0 aromatic heterocycles. The summed E-state index contributed by atoms with van der Waals surface area (Å²) in [5.41, 5.74) is 0. The first kappa shape index (κ1) is 25.8. The van der Waals surface area contributed by atoms with Gasteiger partial charge in [0, 0.05) is 11.0 Å². The normalized spacial score (nSPS) is 25.5. The van der Waals surface area contributed by atoms with E-state index in [1.165, 1.54) is 148 Å². The smallest absolute Gasteiger partial charge is 0.0835 e. The minimum Gasteiger partial charge on any atom is -0.248 e. The van der Waals surface area contributed by atoms with Crippen LogP contribution in [0.2, 0.25) is 0 Å². The van der Waals surface area contributed by atoms with Crippen molar-refractivity contribution in [1.29, 1.82) is 0 Å². The summed E-state index contributed by atoms with van der Waals surface area (Å²) >= 11 is 0. The Hall–Kier alpha value is 0.500. The Labute approximate surface area is 189 Å². The second-order valence-corrected chi connectivity index (χ2v) is 13.4. The molecule has 0 amide bonds. The van der Waals surface area contributed by atoms with Gasteiger partial charge in [0.05, 0.1) is 9.83 Å². The van der Waals surface area contributed by atoms with Crippen LogP contribution < -0.4 is 0 Å². The summed E-state index contributed by atoms with van der Waals surface area (Å²) in [5.74, 6) is 1.97. The topological polar surface area (TPSA) is 17.1 Å². The van der Waals surface area contributed by atoms with E-state index in [0.29, 0.717) is 5.25 Å². The lowest BCUT2D eigenvalue weighted by molar-refractivity contribution is 0.426. The van der Waals surface area contributed by atoms with Gasteiger partial charge in [-0.2, -0.15) is 0 Å². The molecule has 2 fully saturated rings. The van der Waals surface area contributed by atoms with E-state index in [9.17, 15) is 4.21 Å². The third-order valence-corrected chi connectivity index (χ3v) is 11.0. The molecule has 1 atom stereocenters. The van der Waals surface area contributed by atoms with Crippen molar-refractivity contribution in [1.82, 2.24) is 0 Å². The largest absolute Gasteiger partial charge is 0.248 e. The minimum absolute atomic E-state index is 0.465. The Morgan fingerprint density at radius 2 is 0.793 bits per heavy atom. The molecule has 0 aromatic carbocycles.